The van der Waals surface area contributed by atoms with Crippen LogP contribution in [0.25, 0.3) is 10.6 Å². The van der Waals surface area contributed by atoms with Gasteiger partial charge in [0.2, 0.25) is 0 Å². The molecule has 0 amide bonds. The number of esters is 1. The summed E-state index contributed by atoms with van der Waals surface area (Å²) in [6.07, 6.45) is 3.97. The summed E-state index contributed by atoms with van der Waals surface area (Å²) in [4.78, 5) is 18.0. The zero-order valence-corrected chi connectivity index (χ0v) is 17.5. The Kier molecular flexibility index (Phi) is 6.13. The normalized spacial score (nSPS) is 13.5. The van der Waals surface area contributed by atoms with Crippen molar-refractivity contribution in [3.8, 4) is 10.6 Å². The van der Waals surface area contributed by atoms with Gasteiger partial charge < -0.3 is 4.74 Å². The van der Waals surface area contributed by atoms with E-state index < -0.39 is 0 Å². The summed E-state index contributed by atoms with van der Waals surface area (Å²) >= 11 is 3.50. The fraction of sp³-hybridized carbons (Fsp3) is 0.304. The Morgan fingerprint density at radius 1 is 1.11 bits per heavy atom. The van der Waals surface area contributed by atoms with Crippen molar-refractivity contribution in [1.29, 1.82) is 0 Å². The second-order valence-electron chi connectivity index (χ2n) is 6.99. The Morgan fingerprint density at radius 3 is 2.50 bits per heavy atom. The first-order valence-corrected chi connectivity index (χ1v) is 11.4. The lowest BCUT2D eigenvalue weighted by atomic mass is 10.1. The first kappa shape index (κ1) is 19.2. The van der Waals surface area contributed by atoms with Crippen LogP contribution >= 0.6 is 23.1 Å². The van der Waals surface area contributed by atoms with E-state index in [0.29, 0.717) is 6.42 Å². The molecule has 0 N–H and O–H groups in total. The summed E-state index contributed by atoms with van der Waals surface area (Å²) in [7, 11) is 0. The molecule has 0 radical (unpaired) electrons. The van der Waals surface area contributed by atoms with Crippen molar-refractivity contribution in [1.82, 2.24) is 4.98 Å². The van der Waals surface area contributed by atoms with Gasteiger partial charge in [0.1, 0.15) is 11.6 Å². The molecule has 28 heavy (non-hydrogen) atoms. The van der Waals surface area contributed by atoms with Crippen LogP contribution in [0.5, 0.6) is 0 Å². The van der Waals surface area contributed by atoms with E-state index >= 15 is 0 Å². The van der Waals surface area contributed by atoms with Gasteiger partial charge in [0.05, 0.1) is 12.1 Å². The highest BCUT2D eigenvalue weighted by atomic mass is 32.2. The predicted molar refractivity (Wildman–Crippen MR) is 116 cm³/mol. The largest absolute Gasteiger partial charge is 0.459 e. The van der Waals surface area contributed by atoms with Gasteiger partial charge in [0.15, 0.2) is 0 Å². The van der Waals surface area contributed by atoms with Gasteiger partial charge in [-0.05, 0) is 42.5 Å². The molecule has 2 aromatic carbocycles. The van der Waals surface area contributed by atoms with Gasteiger partial charge in [-0.3, -0.25) is 4.79 Å². The third kappa shape index (κ3) is 5.24. The standard InChI is InChI=1S/C23H23NO2S2/c1-2-16-3-7-18(8-4-16)23-24-19(15-27-23)14-26-22(25)13-17-5-9-20(10-6-17)28-21-11-12-21/h3-10,15,21H,2,11-14H2,1H3. The van der Waals surface area contributed by atoms with Gasteiger partial charge in [-0.25, -0.2) is 4.98 Å². The molecule has 0 atom stereocenters. The Balaban J connectivity index is 1.27. The maximum absolute atomic E-state index is 12.2. The highest BCUT2D eigenvalue weighted by Gasteiger charge is 2.22. The second kappa shape index (κ2) is 8.93. The summed E-state index contributed by atoms with van der Waals surface area (Å²) in [5, 5.41) is 3.71. The average Bonchev–Trinajstić information content (AvgIpc) is 3.41. The van der Waals surface area contributed by atoms with Crippen molar-refractivity contribution in [3.63, 3.8) is 0 Å². The maximum atomic E-state index is 12.2. The van der Waals surface area contributed by atoms with Crippen LogP contribution in [0.4, 0.5) is 0 Å². The number of aromatic nitrogens is 1. The molecule has 1 aliphatic carbocycles. The van der Waals surface area contributed by atoms with Crippen molar-refractivity contribution in [2.24, 2.45) is 0 Å². The monoisotopic (exact) mass is 409 g/mol. The fourth-order valence-electron chi connectivity index (χ4n) is 2.83. The van der Waals surface area contributed by atoms with E-state index in [4.69, 9.17) is 4.74 Å². The third-order valence-corrected chi connectivity index (χ3v) is 6.93. The maximum Gasteiger partial charge on any atom is 0.310 e. The Hall–Kier alpha value is -2.11. The van der Waals surface area contributed by atoms with Crippen LogP contribution in [-0.4, -0.2) is 16.2 Å². The van der Waals surface area contributed by atoms with Gasteiger partial charge in [-0.1, -0.05) is 43.3 Å². The molecule has 1 aliphatic rings. The van der Waals surface area contributed by atoms with E-state index in [1.807, 2.05) is 29.3 Å². The van der Waals surface area contributed by atoms with Gasteiger partial charge >= 0.3 is 5.97 Å². The summed E-state index contributed by atoms with van der Waals surface area (Å²) < 4.78 is 5.42. The minimum absolute atomic E-state index is 0.218. The van der Waals surface area contributed by atoms with Gasteiger partial charge in [-0.2, -0.15) is 0 Å². The number of carbonyl (C=O) groups is 1. The molecule has 5 heteroatoms. The zero-order valence-electron chi connectivity index (χ0n) is 15.9. The first-order chi connectivity index (χ1) is 13.7. The number of hydrogen-bond acceptors (Lipinski definition) is 5. The van der Waals surface area contributed by atoms with Crippen LogP contribution in [-0.2, 0) is 29.0 Å². The number of benzene rings is 2. The highest BCUT2D eigenvalue weighted by Crippen LogP contribution is 2.39. The molecule has 3 aromatic rings. The zero-order chi connectivity index (χ0) is 19.3. The molecule has 1 aromatic heterocycles. The Bertz CT molecular complexity index is 928. The predicted octanol–water partition coefficient (Wildman–Crippen LogP) is 5.91. The van der Waals surface area contributed by atoms with Crippen LogP contribution in [0, 0.1) is 0 Å². The molecule has 0 spiro atoms. The fourth-order valence-corrected chi connectivity index (χ4v) is 4.69. The van der Waals surface area contributed by atoms with Crippen molar-refractivity contribution in [2.75, 3.05) is 0 Å². The van der Waals surface area contributed by atoms with Crippen molar-refractivity contribution in [3.05, 3.63) is 70.7 Å². The third-order valence-electron chi connectivity index (χ3n) is 4.64. The number of thiazole rings is 1. The molecule has 1 fully saturated rings. The van der Waals surface area contributed by atoms with Crippen LogP contribution in [0.1, 0.15) is 36.6 Å². The van der Waals surface area contributed by atoms with Gasteiger partial charge in [0, 0.05) is 21.1 Å². The number of rotatable bonds is 8. The lowest BCUT2D eigenvalue weighted by Crippen LogP contribution is -2.08. The number of ether oxygens (including phenoxy) is 1. The summed E-state index contributed by atoms with van der Waals surface area (Å²) in [5.41, 5.74) is 4.20. The smallest absolute Gasteiger partial charge is 0.310 e. The van der Waals surface area contributed by atoms with E-state index in [1.165, 1.54) is 23.3 Å². The molecule has 0 aliphatic heterocycles. The van der Waals surface area contributed by atoms with Crippen molar-refractivity contribution < 1.29 is 9.53 Å². The molecule has 0 unspecified atom stereocenters. The number of hydrogen-bond donors (Lipinski definition) is 0. The summed E-state index contributed by atoms with van der Waals surface area (Å²) in [6.45, 7) is 2.37. The van der Waals surface area contributed by atoms with Crippen molar-refractivity contribution >= 4 is 29.1 Å². The quantitative estimate of drug-likeness (QED) is 0.433. The lowest BCUT2D eigenvalue weighted by molar-refractivity contribution is -0.144. The summed E-state index contributed by atoms with van der Waals surface area (Å²) in [6, 6.07) is 16.7. The number of aryl methyl sites for hydroxylation is 1. The van der Waals surface area contributed by atoms with Crippen molar-refractivity contribution in [2.45, 2.75) is 49.4 Å². The van der Waals surface area contributed by atoms with Gasteiger partial charge in [0.25, 0.3) is 0 Å². The minimum atomic E-state index is -0.218. The Labute approximate surface area is 174 Å². The molecule has 1 heterocycles. The number of thioether (sulfide) groups is 1. The lowest BCUT2D eigenvalue weighted by Gasteiger charge is -2.05. The van der Waals surface area contributed by atoms with Crippen LogP contribution in [0.2, 0.25) is 0 Å². The van der Waals surface area contributed by atoms with Crippen LogP contribution < -0.4 is 0 Å². The average molecular weight is 410 g/mol. The molecule has 4 rings (SSSR count). The molecule has 3 nitrogen and oxygen atoms in total. The number of nitrogens with zero attached hydrogens (tertiary/aromatic N) is 1. The van der Waals surface area contributed by atoms with E-state index in [0.717, 1.165) is 33.5 Å². The van der Waals surface area contributed by atoms with E-state index in [9.17, 15) is 4.79 Å². The molecule has 144 valence electrons. The molecular formula is C23H23NO2S2. The first-order valence-electron chi connectivity index (χ1n) is 9.64. The van der Waals surface area contributed by atoms with Crippen LogP contribution in [0.3, 0.4) is 0 Å². The van der Waals surface area contributed by atoms with Crippen LogP contribution in [0.15, 0.2) is 58.8 Å². The molecule has 0 bridgehead atoms. The van der Waals surface area contributed by atoms with Gasteiger partial charge in [-0.15, -0.1) is 23.1 Å². The summed E-state index contributed by atoms with van der Waals surface area (Å²) in [5.74, 6) is -0.218. The van der Waals surface area contributed by atoms with E-state index in [2.05, 4.69) is 48.3 Å². The molecule has 1 saturated carbocycles. The highest BCUT2D eigenvalue weighted by molar-refractivity contribution is 8.00. The second-order valence-corrected chi connectivity index (χ2v) is 9.22. The SMILES string of the molecule is CCc1ccc(-c2nc(COC(=O)Cc3ccc(SC4CC4)cc3)cs2)cc1. The molecule has 0 saturated heterocycles. The van der Waals surface area contributed by atoms with E-state index in [-0.39, 0.29) is 12.6 Å². The van der Waals surface area contributed by atoms with E-state index in [1.54, 1.807) is 11.3 Å². The topological polar surface area (TPSA) is 39.2 Å². The minimum Gasteiger partial charge on any atom is -0.459 e. The number of carbonyl (C=O) groups excluding carboxylic acids is 1. The Morgan fingerprint density at radius 2 is 1.82 bits per heavy atom. The molecular weight excluding hydrogens is 386 g/mol.